The molecule has 0 aromatic carbocycles. The molecule has 0 fully saturated rings. The predicted octanol–water partition coefficient (Wildman–Crippen LogP) is 1.90. The van der Waals surface area contributed by atoms with E-state index < -0.39 is 23.4 Å². The third kappa shape index (κ3) is 1.74. The molecule has 1 N–H and O–H groups in total. The summed E-state index contributed by atoms with van der Waals surface area (Å²) in [5.74, 6) is -1.67. The Balaban J connectivity index is 3.48. The number of halogens is 4. The number of aryl methyl sites for hydroxylation is 1. The molecule has 0 saturated heterocycles. The first-order valence-corrected chi connectivity index (χ1v) is 4.07. The van der Waals surface area contributed by atoms with Crippen LogP contribution in [0.5, 0.6) is 0 Å². The molecule has 0 bridgehead atoms. The lowest BCUT2D eigenvalue weighted by atomic mass is 10.2. The third-order valence-electron chi connectivity index (χ3n) is 1.49. The van der Waals surface area contributed by atoms with Crippen molar-refractivity contribution >= 4 is 21.9 Å². The van der Waals surface area contributed by atoms with E-state index in [-0.39, 0.29) is 4.60 Å². The Bertz CT molecular complexity index is 385. The highest BCUT2D eigenvalue weighted by Gasteiger charge is 2.41. The fourth-order valence-corrected chi connectivity index (χ4v) is 1.60. The maximum absolute atomic E-state index is 12.3. The van der Waals surface area contributed by atoms with Crippen molar-refractivity contribution in [2.24, 2.45) is 7.05 Å². The second kappa shape index (κ2) is 3.26. The molecule has 14 heavy (non-hydrogen) atoms. The summed E-state index contributed by atoms with van der Waals surface area (Å²) in [4.78, 5) is 10.5. The van der Waals surface area contributed by atoms with E-state index in [1.54, 1.807) is 0 Å². The van der Waals surface area contributed by atoms with Crippen LogP contribution in [0, 0.1) is 0 Å². The molecular weight excluding hydrogens is 269 g/mol. The molecule has 0 amide bonds. The summed E-state index contributed by atoms with van der Waals surface area (Å²) < 4.78 is 37.2. The average Bonchev–Trinajstić information content (AvgIpc) is 2.23. The summed E-state index contributed by atoms with van der Waals surface area (Å²) in [6.07, 6.45) is -4.73. The third-order valence-corrected chi connectivity index (χ3v) is 2.04. The first kappa shape index (κ1) is 11.0. The molecule has 0 unspecified atom stereocenters. The van der Waals surface area contributed by atoms with Crippen LogP contribution >= 0.6 is 15.9 Å². The number of carboxylic acids is 1. The maximum atomic E-state index is 12.3. The van der Waals surface area contributed by atoms with Gasteiger partial charge in [-0.15, -0.1) is 0 Å². The first-order chi connectivity index (χ1) is 6.25. The minimum absolute atomic E-state index is 0.333. The van der Waals surface area contributed by atoms with E-state index in [9.17, 15) is 18.0 Å². The van der Waals surface area contributed by atoms with Gasteiger partial charge in [0.2, 0.25) is 0 Å². The van der Waals surface area contributed by atoms with Gasteiger partial charge in [0.1, 0.15) is 10.2 Å². The van der Waals surface area contributed by atoms with Crippen LogP contribution < -0.4 is 0 Å². The SMILES string of the molecule is Cn1nc(Br)c(C(=O)O)c1C(F)(F)F. The molecule has 0 atom stereocenters. The molecule has 4 nitrogen and oxygen atoms in total. The van der Waals surface area contributed by atoms with Gasteiger partial charge in [0.05, 0.1) is 0 Å². The van der Waals surface area contributed by atoms with Crippen LogP contribution in [0.3, 0.4) is 0 Å². The van der Waals surface area contributed by atoms with Gasteiger partial charge in [0, 0.05) is 7.05 Å². The van der Waals surface area contributed by atoms with Crippen LogP contribution in [0.4, 0.5) is 13.2 Å². The molecule has 0 aliphatic carbocycles. The summed E-state index contributed by atoms with van der Waals surface area (Å²) in [6, 6.07) is 0. The van der Waals surface area contributed by atoms with Gasteiger partial charge in [-0.3, -0.25) is 4.68 Å². The highest BCUT2D eigenvalue weighted by molar-refractivity contribution is 9.10. The van der Waals surface area contributed by atoms with Gasteiger partial charge in [0.15, 0.2) is 5.69 Å². The van der Waals surface area contributed by atoms with Crippen LogP contribution in [0.15, 0.2) is 4.60 Å². The number of alkyl halides is 3. The highest BCUT2D eigenvalue weighted by Crippen LogP contribution is 2.34. The topological polar surface area (TPSA) is 55.1 Å². The standard InChI is InChI=1S/C6H4BrF3N2O2/c1-12-3(6(8,9)10)2(5(13)14)4(7)11-12/h1H3,(H,13,14). The Morgan fingerprint density at radius 3 is 2.36 bits per heavy atom. The molecule has 1 heterocycles. The Morgan fingerprint density at radius 2 is 2.07 bits per heavy atom. The van der Waals surface area contributed by atoms with E-state index in [0.29, 0.717) is 4.68 Å². The van der Waals surface area contributed by atoms with Gasteiger partial charge in [-0.05, 0) is 15.9 Å². The fraction of sp³-hybridized carbons (Fsp3) is 0.333. The number of hydrogen-bond acceptors (Lipinski definition) is 2. The number of carboxylic acid groups (broad SMARTS) is 1. The van der Waals surface area contributed by atoms with Crippen molar-refractivity contribution in [1.29, 1.82) is 0 Å². The number of rotatable bonds is 1. The molecule has 0 radical (unpaired) electrons. The number of hydrogen-bond donors (Lipinski definition) is 1. The summed E-state index contributed by atoms with van der Waals surface area (Å²) in [5.41, 5.74) is -2.16. The lowest BCUT2D eigenvalue weighted by Crippen LogP contribution is -2.16. The molecule has 78 valence electrons. The van der Waals surface area contributed by atoms with E-state index >= 15 is 0 Å². The molecule has 0 saturated carbocycles. The summed E-state index contributed by atoms with van der Waals surface area (Å²) in [7, 11) is 1.03. The van der Waals surface area contributed by atoms with Gasteiger partial charge in [-0.2, -0.15) is 18.3 Å². The Morgan fingerprint density at radius 1 is 1.57 bits per heavy atom. The Labute approximate surface area is 84.5 Å². The number of carbonyl (C=O) groups is 1. The van der Waals surface area contributed by atoms with Gasteiger partial charge in [-0.25, -0.2) is 4.79 Å². The first-order valence-electron chi connectivity index (χ1n) is 3.28. The molecule has 1 aromatic heterocycles. The number of aromatic nitrogens is 2. The lowest BCUT2D eigenvalue weighted by molar-refractivity contribution is -0.144. The van der Waals surface area contributed by atoms with Crippen molar-refractivity contribution < 1.29 is 23.1 Å². The molecule has 0 aliphatic rings. The lowest BCUT2D eigenvalue weighted by Gasteiger charge is -2.07. The maximum Gasteiger partial charge on any atom is 0.433 e. The minimum atomic E-state index is -4.73. The predicted molar refractivity (Wildman–Crippen MR) is 42.9 cm³/mol. The summed E-state index contributed by atoms with van der Waals surface area (Å²) in [6.45, 7) is 0. The summed E-state index contributed by atoms with van der Waals surface area (Å²) >= 11 is 2.65. The van der Waals surface area contributed by atoms with Crippen LogP contribution in [-0.4, -0.2) is 20.9 Å². The van der Waals surface area contributed by atoms with Crippen LogP contribution in [0.2, 0.25) is 0 Å². The van der Waals surface area contributed by atoms with Crippen molar-refractivity contribution in [3.05, 3.63) is 15.9 Å². The van der Waals surface area contributed by atoms with E-state index in [1.807, 2.05) is 0 Å². The largest absolute Gasteiger partial charge is 0.478 e. The Kier molecular flexibility index (Phi) is 2.57. The van der Waals surface area contributed by atoms with Crippen molar-refractivity contribution in [3.63, 3.8) is 0 Å². The second-order valence-corrected chi connectivity index (χ2v) is 3.19. The van der Waals surface area contributed by atoms with Gasteiger partial charge in [0.25, 0.3) is 0 Å². The van der Waals surface area contributed by atoms with Crippen LogP contribution in [-0.2, 0) is 13.2 Å². The van der Waals surface area contributed by atoms with E-state index in [0.717, 1.165) is 7.05 Å². The van der Waals surface area contributed by atoms with Gasteiger partial charge in [-0.1, -0.05) is 0 Å². The van der Waals surface area contributed by atoms with Crippen molar-refractivity contribution in [2.75, 3.05) is 0 Å². The minimum Gasteiger partial charge on any atom is -0.478 e. The quantitative estimate of drug-likeness (QED) is 0.850. The van der Waals surface area contributed by atoms with Crippen LogP contribution in [0.25, 0.3) is 0 Å². The normalized spacial score (nSPS) is 11.8. The number of nitrogens with zero attached hydrogens (tertiary/aromatic N) is 2. The highest BCUT2D eigenvalue weighted by atomic mass is 79.9. The fourth-order valence-electron chi connectivity index (χ4n) is 1.01. The summed E-state index contributed by atoms with van der Waals surface area (Å²) in [5, 5.41) is 11.9. The molecule has 0 spiro atoms. The van der Waals surface area contributed by atoms with Gasteiger partial charge >= 0.3 is 12.1 Å². The van der Waals surface area contributed by atoms with E-state index in [2.05, 4.69) is 21.0 Å². The molecular formula is C6H4BrF3N2O2. The monoisotopic (exact) mass is 272 g/mol. The second-order valence-electron chi connectivity index (χ2n) is 2.44. The zero-order valence-corrected chi connectivity index (χ0v) is 8.35. The average molecular weight is 273 g/mol. The molecule has 0 aliphatic heterocycles. The van der Waals surface area contributed by atoms with Gasteiger partial charge < -0.3 is 5.11 Å². The zero-order valence-electron chi connectivity index (χ0n) is 6.76. The molecule has 1 rings (SSSR count). The molecule has 1 aromatic rings. The van der Waals surface area contributed by atoms with Crippen molar-refractivity contribution in [1.82, 2.24) is 9.78 Å². The smallest absolute Gasteiger partial charge is 0.433 e. The van der Waals surface area contributed by atoms with E-state index in [4.69, 9.17) is 5.11 Å². The molecule has 8 heteroatoms. The Hall–Kier alpha value is -1.05. The number of aromatic carboxylic acids is 1. The van der Waals surface area contributed by atoms with Crippen molar-refractivity contribution in [2.45, 2.75) is 6.18 Å². The van der Waals surface area contributed by atoms with Crippen LogP contribution in [0.1, 0.15) is 16.1 Å². The van der Waals surface area contributed by atoms with E-state index in [1.165, 1.54) is 0 Å². The zero-order chi connectivity index (χ0) is 11.1. The van der Waals surface area contributed by atoms with Crippen molar-refractivity contribution in [3.8, 4) is 0 Å².